The van der Waals surface area contributed by atoms with Gasteiger partial charge in [-0.2, -0.15) is 0 Å². The Balaban J connectivity index is 2.18. The van der Waals surface area contributed by atoms with Crippen LogP contribution < -0.4 is 16.1 Å². The number of ether oxygens (including phenoxy) is 1. The molecule has 0 aromatic heterocycles. The van der Waals surface area contributed by atoms with Gasteiger partial charge < -0.3 is 15.4 Å². The van der Waals surface area contributed by atoms with E-state index in [1.807, 2.05) is 13.8 Å². The number of hydroxylamine groups is 1. The Hall–Kier alpha value is -3.72. The Morgan fingerprint density at radius 2 is 1.58 bits per heavy atom. The number of carbonyl (C=O) groups is 4. The Kier molecular flexibility index (Phi) is 9.56. The normalized spacial score (nSPS) is 12.4. The van der Waals surface area contributed by atoms with Crippen LogP contribution in [0.4, 0.5) is 5.69 Å². The van der Waals surface area contributed by atoms with Crippen LogP contribution in [-0.4, -0.2) is 42.0 Å². The van der Waals surface area contributed by atoms with Crippen LogP contribution in [0.1, 0.15) is 48.5 Å². The molecule has 0 fully saturated rings. The summed E-state index contributed by atoms with van der Waals surface area (Å²) < 4.78 is 4.66. The Bertz CT molecular complexity index is 960. The third-order valence-electron chi connectivity index (χ3n) is 4.95. The van der Waals surface area contributed by atoms with Crippen LogP contribution in [0.3, 0.4) is 0 Å². The molecule has 9 nitrogen and oxygen atoms in total. The summed E-state index contributed by atoms with van der Waals surface area (Å²) in [5.41, 5.74) is 2.93. The summed E-state index contributed by atoms with van der Waals surface area (Å²) in [7, 11) is 1.28. The molecule has 0 bridgehead atoms. The highest BCUT2D eigenvalue weighted by Crippen LogP contribution is 2.21. The van der Waals surface area contributed by atoms with Crippen molar-refractivity contribution in [3.05, 3.63) is 65.7 Å². The van der Waals surface area contributed by atoms with E-state index in [1.165, 1.54) is 19.2 Å². The van der Waals surface area contributed by atoms with Crippen LogP contribution in [0.5, 0.6) is 0 Å². The molecule has 0 spiro atoms. The molecule has 3 amide bonds. The first-order valence-electron chi connectivity index (χ1n) is 10.5. The van der Waals surface area contributed by atoms with E-state index in [4.69, 9.17) is 5.21 Å². The number of esters is 1. The quantitative estimate of drug-likeness (QED) is 0.247. The molecule has 0 radical (unpaired) electrons. The van der Waals surface area contributed by atoms with Gasteiger partial charge in [-0.3, -0.25) is 19.6 Å². The largest absolute Gasteiger partial charge is 0.465 e. The molecule has 2 unspecified atom stereocenters. The number of anilines is 1. The van der Waals surface area contributed by atoms with Gasteiger partial charge >= 0.3 is 5.97 Å². The van der Waals surface area contributed by atoms with Gasteiger partial charge in [0.1, 0.15) is 6.04 Å². The smallest absolute Gasteiger partial charge is 0.337 e. The first-order chi connectivity index (χ1) is 15.7. The monoisotopic (exact) mass is 455 g/mol. The van der Waals surface area contributed by atoms with Gasteiger partial charge in [0.05, 0.1) is 18.6 Å². The van der Waals surface area contributed by atoms with Gasteiger partial charge in [0.2, 0.25) is 17.7 Å². The van der Waals surface area contributed by atoms with E-state index in [-0.39, 0.29) is 12.3 Å². The summed E-state index contributed by atoms with van der Waals surface area (Å²) in [5.74, 6) is -2.93. The van der Waals surface area contributed by atoms with E-state index < -0.39 is 35.7 Å². The van der Waals surface area contributed by atoms with Gasteiger partial charge in [-0.1, -0.05) is 44.2 Å². The highest BCUT2D eigenvalue weighted by atomic mass is 16.5. The highest BCUT2D eigenvalue weighted by molar-refractivity contribution is 5.99. The molecule has 0 saturated carbocycles. The van der Waals surface area contributed by atoms with Crippen LogP contribution in [0.25, 0.3) is 0 Å². The van der Waals surface area contributed by atoms with Crippen molar-refractivity contribution < 1.29 is 29.1 Å². The van der Waals surface area contributed by atoms with Crippen molar-refractivity contribution in [3.8, 4) is 0 Å². The summed E-state index contributed by atoms with van der Waals surface area (Å²) in [6, 6.07) is 14.0. The lowest BCUT2D eigenvalue weighted by Gasteiger charge is -2.23. The van der Waals surface area contributed by atoms with E-state index in [0.29, 0.717) is 23.2 Å². The molecule has 0 aliphatic carbocycles. The minimum Gasteiger partial charge on any atom is -0.465 e. The second-order valence-corrected chi connectivity index (χ2v) is 7.95. The van der Waals surface area contributed by atoms with Gasteiger partial charge in [-0.05, 0) is 42.2 Å². The summed E-state index contributed by atoms with van der Waals surface area (Å²) in [6.45, 7) is 3.84. The van der Waals surface area contributed by atoms with Gasteiger partial charge in [0, 0.05) is 12.1 Å². The fourth-order valence-corrected chi connectivity index (χ4v) is 3.29. The van der Waals surface area contributed by atoms with Crippen molar-refractivity contribution in [3.63, 3.8) is 0 Å². The molecule has 0 aliphatic rings. The predicted octanol–water partition coefficient (Wildman–Crippen LogP) is 2.62. The molecule has 0 heterocycles. The number of benzene rings is 2. The lowest BCUT2D eigenvalue weighted by molar-refractivity contribution is -0.133. The van der Waals surface area contributed by atoms with E-state index in [1.54, 1.807) is 47.9 Å². The number of nitrogens with one attached hydrogen (secondary N) is 3. The van der Waals surface area contributed by atoms with Crippen molar-refractivity contribution in [1.29, 1.82) is 0 Å². The summed E-state index contributed by atoms with van der Waals surface area (Å²) in [6.07, 6.45) is 0.0862. The fraction of sp³-hybridized carbons (Fsp3) is 0.333. The lowest BCUT2D eigenvalue weighted by Crippen LogP contribution is -2.46. The van der Waals surface area contributed by atoms with Crippen molar-refractivity contribution in [2.75, 3.05) is 12.4 Å². The third-order valence-corrected chi connectivity index (χ3v) is 4.95. The number of rotatable bonds is 10. The molecule has 4 N–H and O–H groups in total. The minimum absolute atomic E-state index is 0.0960. The zero-order valence-corrected chi connectivity index (χ0v) is 18.8. The maximum absolute atomic E-state index is 13.1. The zero-order chi connectivity index (χ0) is 24.4. The molecule has 9 heteroatoms. The van der Waals surface area contributed by atoms with Crippen molar-refractivity contribution >= 4 is 29.4 Å². The van der Waals surface area contributed by atoms with E-state index in [9.17, 15) is 19.2 Å². The van der Waals surface area contributed by atoms with E-state index in [2.05, 4.69) is 15.4 Å². The Morgan fingerprint density at radius 3 is 2.12 bits per heavy atom. The van der Waals surface area contributed by atoms with Crippen LogP contribution in [0, 0.1) is 5.92 Å². The van der Waals surface area contributed by atoms with Crippen LogP contribution in [0.15, 0.2) is 54.6 Å². The average molecular weight is 456 g/mol. The minimum atomic E-state index is -0.889. The Morgan fingerprint density at radius 1 is 0.939 bits per heavy atom. The van der Waals surface area contributed by atoms with Gasteiger partial charge in [-0.25, -0.2) is 10.3 Å². The fourth-order valence-electron chi connectivity index (χ4n) is 3.29. The maximum atomic E-state index is 13.1. The van der Waals surface area contributed by atoms with Gasteiger partial charge in [0.25, 0.3) is 0 Å². The first-order valence-corrected chi connectivity index (χ1v) is 10.5. The molecular formula is C24H29N3O6. The molecule has 0 saturated heterocycles. The second-order valence-electron chi connectivity index (χ2n) is 7.95. The number of amides is 3. The summed E-state index contributed by atoms with van der Waals surface area (Å²) >= 11 is 0. The standard InChI is InChI=1S/C24H29N3O6/c1-15(2)13-20(23(30)25-18-11-9-17(10-12-18)24(31)33-3)26-22(29)19(14-21(28)27-32)16-7-5-4-6-8-16/h4-12,15,19-20,32H,13-14H2,1-3H3,(H,25,30)(H,26,29)(H,27,28). The van der Waals surface area contributed by atoms with Gasteiger partial charge in [-0.15, -0.1) is 0 Å². The van der Waals surface area contributed by atoms with Crippen molar-refractivity contribution in [2.24, 2.45) is 5.92 Å². The number of hydrogen-bond acceptors (Lipinski definition) is 6. The SMILES string of the molecule is COC(=O)c1ccc(NC(=O)C(CC(C)C)NC(=O)C(CC(=O)NO)c2ccccc2)cc1. The number of hydrogen-bond donors (Lipinski definition) is 4. The third kappa shape index (κ3) is 7.73. The van der Waals surface area contributed by atoms with Crippen LogP contribution in [0.2, 0.25) is 0 Å². The zero-order valence-electron chi connectivity index (χ0n) is 18.8. The number of methoxy groups -OCH3 is 1. The van der Waals surface area contributed by atoms with E-state index >= 15 is 0 Å². The summed E-state index contributed by atoms with van der Waals surface area (Å²) in [4.78, 5) is 49.4. The number of carbonyl (C=O) groups excluding carboxylic acids is 4. The molecule has 33 heavy (non-hydrogen) atoms. The second kappa shape index (κ2) is 12.4. The summed E-state index contributed by atoms with van der Waals surface area (Å²) in [5, 5.41) is 14.4. The molecule has 0 aliphatic heterocycles. The lowest BCUT2D eigenvalue weighted by atomic mass is 9.93. The molecule has 2 rings (SSSR count). The molecule has 2 atom stereocenters. The average Bonchev–Trinajstić information content (AvgIpc) is 2.82. The molecule has 2 aromatic carbocycles. The van der Waals surface area contributed by atoms with Crippen molar-refractivity contribution in [1.82, 2.24) is 10.8 Å². The van der Waals surface area contributed by atoms with Gasteiger partial charge in [0.15, 0.2) is 0 Å². The van der Waals surface area contributed by atoms with Crippen LogP contribution >= 0.6 is 0 Å². The maximum Gasteiger partial charge on any atom is 0.337 e. The predicted molar refractivity (Wildman–Crippen MR) is 122 cm³/mol. The molecule has 2 aromatic rings. The highest BCUT2D eigenvalue weighted by Gasteiger charge is 2.29. The van der Waals surface area contributed by atoms with E-state index in [0.717, 1.165) is 0 Å². The first kappa shape index (κ1) is 25.5. The molecular weight excluding hydrogens is 426 g/mol. The topological polar surface area (TPSA) is 134 Å². The van der Waals surface area contributed by atoms with Crippen molar-refractivity contribution in [2.45, 2.75) is 38.6 Å². The van der Waals surface area contributed by atoms with Crippen LogP contribution in [-0.2, 0) is 19.1 Å². The Labute approximate surface area is 192 Å². The molecule has 176 valence electrons.